The summed E-state index contributed by atoms with van der Waals surface area (Å²) in [5, 5.41) is 11.7. The maximum atomic E-state index is 15.3. The molecule has 1 aromatic heterocycles. The molecule has 8 rings (SSSR count). The Morgan fingerprint density at radius 1 is 0.964 bits per heavy atom. The van der Waals surface area contributed by atoms with Crippen LogP contribution in [0.1, 0.15) is 41.0 Å². The predicted octanol–water partition coefficient (Wildman–Crippen LogP) is 7.95. The smallest absolute Gasteiger partial charge is 0.417 e. The van der Waals surface area contributed by atoms with E-state index in [1.165, 1.54) is 24.1 Å². The number of phenols is 1. The lowest BCUT2D eigenvalue weighted by atomic mass is 9.49. The Morgan fingerprint density at radius 2 is 1.68 bits per heavy atom. The third-order valence-corrected chi connectivity index (χ3v) is 12.0. The highest BCUT2D eigenvalue weighted by Gasteiger charge is 2.70. The van der Waals surface area contributed by atoms with Gasteiger partial charge in [0.15, 0.2) is 17.3 Å². The zero-order valence-corrected chi connectivity index (χ0v) is 30.9. The number of allylic oxidation sites excluding steroid dienone is 2. The van der Waals surface area contributed by atoms with Crippen LogP contribution in [0.5, 0.6) is 11.5 Å². The number of imide groups is 2. The molecule has 3 heterocycles. The Morgan fingerprint density at radius 3 is 2.30 bits per heavy atom. The van der Waals surface area contributed by atoms with E-state index in [1.54, 1.807) is 60.7 Å². The van der Waals surface area contributed by atoms with Gasteiger partial charge in [-0.1, -0.05) is 77.8 Å². The summed E-state index contributed by atoms with van der Waals surface area (Å²) < 4.78 is 45.8. The van der Waals surface area contributed by atoms with Gasteiger partial charge in [0, 0.05) is 17.1 Å². The van der Waals surface area contributed by atoms with E-state index < -0.39 is 75.4 Å². The average Bonchev–Trinajstić information content (AvgIpc) is 3.56. The van der Waals surface area contributed by atoms with Crippen molar-refractivity contribution in [2.75, 3.05) is 17.4 Å². The maximum absolute atomic E-state index is 15.3. The van der Waals surface area contributed by atoms with Gasteiger partial charge in [0.1, 0.15) is 0 Å². The Kier molecular flexibility index (Phi) is 9.00. The number of aromatic nitrogens is 1. The minimum atomic E-state index is -4.76. The molecule has 4 aliphatic rings. The second kappa shape index (κ2) is 13.5. The fourth-order valence-corrected chi connectivity index (χ4v) is 9.39. The topological polar surface area (TPSA) is 129 Å². The Labute approximate surface area is 328 Å². The Bertz CT molecular complexity index is 2370. The Hall–Kier alpha value is -5.66. The molecule has 0 radical (unpaired) electrons. The molecule has 6 atom stereocenters. The van der Waals surface area contributed by atoms with Crippen LogP contribution >= 0.6 is 23.2 Å². The molecule has 2 N–H and O–H groups in total. The number of carbonyl (C=O) groups excluding carboxylic acids is 4. The first kappa shape index (κ1) is 37.3. The molecule has 1 saturated carbocycles. The van der Waals surface area contributed by atoms with E-state index in [-0.39, 0.29) is 30.2 Å². The van der Waals surface area contributed by atoms with Gasteiger partial charge in [0.05, 0.1) is 46.6 Å². The second-order valence-electron chi connectivity index (χ2n) is 14.2. The molecule has 0 bridgehead atoms. The van der Waals surface area contributed by atoms with Crippen LogP contribution in [0.2, 0.25) is 10.0 Å². The van der Waals surface area contributed by atoms with Crippen molar-refractivity contribution >= 4 is 64.4 Å². The number of rotatable bonds is 7. The number of hydrogen-bond acceptors (Lipinski definition) is 8. The molecule has 2 saturated heterocycles. The first-order chi connectivity index (χ1) is 26.7. The molecule has 2 aliphatic carbocycles. The number of halogens is 5. The third kappa shape index (κ3) is 5.58. The number of fused-ring (bicyclic) bond motifs is 4. The number of hydrazine groups is 1. The number of alkyl halides is 3. The molecule has 4 amide bonds. The quantitative estimate of drug-likeness (QED) is 0.142. The molecule has 56 heavy (non-hydrogen) atoms. The van der Waals surface area contributed by atoms with Gasteiger partial charge in [-0.15, -0.1) is 0 Å². The second-order valence-corrected chi connectivity index (χ2v) is 15.0. The highest BCUT2D eigenvalue weighted by molar-refractivity contribution is 6.33. The number of benzene rings is 3. The minimum absolute atomic E-state index is 0.0621. The summed E-state index contributed by atoms with van der Waals surface area (Å²) in [7, 11) is 1.38. The van der Waals surface area contributed by atoms with E-state index >= 15 is 4.79 Å². The van der Waals surface area contributed by atoms with Gasteiger partial charge in [-0.2, -0.15) is 18.2 Å². The lowest BCUT2D eigenvalue weighted by molar-refractivity contribution is -0.139. The summed E-state index contributed by atoms with van der Waals surface area (Å²) in [5.41, 5.74) is 2.27. The number of ether oxygens (including phenoxy) is 1. The maximum Gasteiger partial charge on any atom is 0.417 e. The Balaban J connectivity index is 1.30. The number of pyridine rings is 1. The van der Waals surface area contributed by atoms with E-state index in [9.17, 15) is 32.7 Å². The van der Waals surface area contributed by atoms with Gasteiger partial charge < -0.3 is 9.84 Å². The van der Waals surface area contributed by atoms with Crippen molar-refractivity contribution < 1.29 is 42.2 Å². The van der Waals surface area contributed by atoms with Gasteiger partial charge in [0.25, 0.3) is 11.8 Å². The lowest BCUT2D eigenvalue weighted by Gasteiger charge is -2.50. The molecular formula is C41H31Cl2F3N4O6. The monoisotopic (exact) mass is 802 g/mol. The summed E-state index contributed by atoms with van der Waals surface area (Å²) in [6, 6.07) is 18.4. The molecule has 286 valence electrons. The number of carbonyl (C=O) groups is 4. The van der Waals surface area contributed by atoms with Crippen molar-refractivity contribution in [2.45, 2.75) is 30.4 Å². The van der Waals surface area contributed by atoms with Gasteiger partial charge >= 0.3 is 6.18 Å². The normalized spacial score (nSPS) is 25.8. The van der Waals surface area contributed by atoms with Crippen LogP contribution in [-0.4, -0.2) is 45.8 Å². The summed E-state index contributed by atoms with van der Waals surface area (Å²) in [6.07, 6.45) is -0.652. The van der Waals surface area contributed by atoms with E-state index in [1.807, 2.05) is 6.08 Å². The number of aromatic hydroxyl groups is 1. The molecule has 10 nitrogen and oxygen atoms in total. The van der Waals surface area contributed by atoms with Crippen molar-refractivity contribution in [2.24, 2.45) is 23.7 Å². The molecule has 3 aromatic carbocycles. The predicted molar refractivity (Wildman–Crippen MR) is 201 cm³/mol. The molecule has 0 spiro atoms. The molecular weight excluding hydrogens is 772 g/mol. The van der Waals surface area contributed by atoms with Crippen molar-refractivity contribution in [3.63, 3.8) is 0 Å². The first-order valence-corrected chi connectivity index (χ1v) is 18.3. The highest BCUT2D eigenvalue weighted by Crippen LogP contribution is 2.64. The summed E-state index contributed by atoms with van der Waals surface area (Å²) in [5.74, 6) is -7.52. The van der Waals surface area contributed by atoms with E-state index in [0.717, 1.165) is 5.56 Å². The van der Waals surface area contributed by atoms with Crippen LogP contribution in [0.15, 0.2) is 97.2 Å². The molecule has 15 heteroatoms. The molecule has 4 aromatic rings. The average molecular weight is 804 g/mol. The van der Waals surface area contributed by atoms with Crippen LogP contribution in [0.4, 0.5) is 24.7 Å². The number of nitrogens with zero attached hydrogens (tertiary/aromatic N) is 3. The van der Waals surface area contributed by atoms with Crippen molar-refractivity contribution in [1.29, 1.82) is 0 Å². The van der Waals surface area contributed by atoms with Crippen LogP contribution in [0.25, 0.3) is 6.08 Å². The summed E-state index contributed by atoms with van der Waals surface area (Å²) in [4.78, 5) is 63.7. The number of phenolic OH excluding ortho intramolecular Hbond substituents is 1. The van der Waals surface area contributed by atoms with Gasteiger partial charge in [0.2, 0.25) is 11.8 Å². The van der Waals surface area contributed by atoms with Crippen molar-refractivity contribution in [1.82, 2.24) is 9.99 Å². The number of hydrogen-bond donors (Lipinski definition) is 2. The molecule has 0 unspecified atom stereocenters. The number of methoxy groups -OCH3 is 1. The van der Waals surface area contributed by atoms with Crippen LogP contribution in [0.3, 0.4) is 0 Å². The van der Waals surface area contributed by atoms with Crippen molar-refractivity contribution in [3.05, 3.63) is 130 Å². The summed E-state index contributed by atoms with van der Waals surface area (Å²) in [6.45, 7) is 3.76. The third-order valence-electron chi connectivity index (χ3n) is 11.5. The van der Waals surface area contributed by atoms with Crippen LogP contribution in [-0.2, 0) is 30.8 Å². The SMILES string of the molecule is C=Cc1ccc(N2C(=O)[C@H]3[C@H](CC=C4[C@H]3C[C@H]3C(=O)N(Nc5ncc(C(F)(F)F)cc5Cl)C(=O)[C@@]3(c3ccc(Cl)cc3)[C@H]4c3ccc(OC)c(O)c3)C2=O)cc1. The molecule has 2 aliphatic heterocycles. The number of anilines is 2. The van der Waals surface area contributed by atoms with Crippen molar-refractivity contribution in [3.8, 4) is 11.5 Å². The largest absolute Gasteiger partial charge is 0.504 e. The zero-order chi connectivity index (χ0) is 39.8. The summed E-state index contributed by atoms with van der Waals surface area (Å²) >= 11 is 12.6. The van der Waals surface area contributed by atoms with E-state index in [2.05, 4.69) is 17.0 Å². The lowest BCUT2D eigenvalue weighted by Crippen LogP contribution is -2.53. The fourth-order valence-electron chi connectivity index (χ4n) is 9.06. The van der Waals surface area contributed by atoms with Gasteiger partial charge in [-0.3, -0.25) is 29.5 Å². The van der Waals surface area contributed by atoms with E-state index in [4.69, 9.17) is 27.9 Å². The van der Waals surface area contributed by atoms with Gasteiger partial charge in [-0.05, 0) is 77.9 Å². The minimum Gasteiger partial charge on any atom is -0.504 e. The van der Waals surface area contributed by atoms with E-state index in [0.29, 0.717) is 44.7 Å². The van der Waals surface area contributed by atoms with Crippen LogP contribution in [0, 0.1) is 23.7 Å². The standard InChI is InChI=1S/C41H31Cl2F3N4O6/c1-3-20-4-11-25(12-5-20)49-36(52)27-14-13-26-28(33(27)38(49)54)18-29-37(53)50(48-35-30(43)17-23(19-47-35)41(44,45)46)39(55)40(29,22-7-9-24(42)10-8-22)34(26)21-6-15-32(56-2)31(51)16-21/h3-13,15-17,19,27-29,33-34,51H,1,14,18H2,2H3,(H,47,48)/t27-,28+,29-,33-,34-,40+/m0/s1. The first-order valence-electron chi connectivity index (χ1n) is 17.5. The van der Waals surface area contributed by atoms with Crippen LogP contribution < -0.4 is 15.1 Å². The highest BCUT2D eigenvalue weighted by atomic mass is 35.5. The fraction of sp³-hybridized carbons (Fsp3) is 0.244. The molecule has 3 fully saturated rings. The number of nitrogens with one attached hydrogen (secondary N) is 1. The zero-order valence-electron chi connectivity index (χ0n) is 29.4. The number of amides is 4. The van der Waals surface area contributed by atoms with Gasteiger partial charge in [-0.25, -0.2) is 4.98 Å².